The van der Waals surface area contributed by atoms with Crippen LogP contribution >= 0.6 is 0 Å². The Labute approximate surface area is 255 Å². The predicted molar refractivity (Wildman–Crippen MR) is 166 cm³/mol. The van der Waals surface area contributed by atoms with E-state index in [1.807, 2.05) is 32.9 Å². The second-order valence-electron chi connectivity index (χ2n) is 12.9. The number of benzene rings is 3. The normalized spacial score (nSPS) is 20.1. The highest BCUT2D eigenvalue weighted by Crippen LogP contribution is 2.32. The van der Waals surface area contributed by atoms with Crippen LogP contribution in [0.4, 0.5) is 4.79 Å². The molecule has 3 aromatic rings. The summed E-state index contributed by atoms with van der Waals surface area (Å²) in [7, 11) is 0. The summed E-state index contributed by atoms with van der Waals surface area (Å²) in [6, 6.07) is 23.2. The molecule has 1 aliphatic heterocycles. The molecule has 2 atom stereocenters. The summed E-state index contributed by atoms with van der Waals surface area (Å²) in [6.45, 7) is 7.35. The molecule has 0 amide bonds. The number of esters is 1. The van der Waals surface area contributed by atoms with Crippen LogP contribution in [0.2, 0.25) is 0 Å². The lowest BCUT2D eigenvalue weighted by Gasteiger charge is -2.37. The monoisotopic (exact) mass is 587 g/mol. The summed E-state index contributed by atoms with van der Waals surface area (Å²) >= 11 is 0. The summed E-state index contributed by atoms with van der Waals surface area (Å²) in [5.41, 5.74) is 2.79. The van der Waals surface area contributed by atoms with Crippen molar-refractivity contribution >= 4 is 22.9 Å². The van der Waals surface area contributed by atoms with Crippen LogP contribution in [0.3, 0.4) is 0 Å². The van der Waals surface area contributed by atoms with E-state index >= 15 is 0 Å². The van der Waals surface area contributed by atoms with Crippen LogP contribution in [-0.4, -0.2) is 48.6 Å². The third-order valence-corrected chi connectivity index (χ3v) is 8.37. The van der Waals surface area contributed by atoms with Gasteiger partial charge < -0.3 is 19.0 Å². The number of piperidine rings is 1. The van der Waals surface area contributed by atoms with Gasteiger partial charge in [-0.1, -0.05) is 79.9 Å². The second-order valence-corrected chi connectivity index (χ2v) is 12.9. The molecule has 0 aromatic heterocycles. The van der Waals surface area contributed by atoms with E-state index in [1.54, 1.807) is 5.06 Å². The zero-order valence-electron chi connectivity index (χ0n) is 25.8. The third-order valence-electron chi connectivity index (χ3n) is 8.37. The molecule has 0 bridgehead atoms. The maximum atomic E-state index is 12.4. The van der Waals surface area contributed by atoms with Gasteiger partial charge in [0.1, 0.15) is 5.60 Å². The van der Waals surface area contributed by atoms with Gasteiger partial charge in [0.2, 0.25) is 0 Å². The lowest BCUT2D eigenvalue weighted by Crippen LogP contribution is -2.45. The van der Waals surface area contributed by atoms with Crippen molar-refractivity contribution < 1.29 is 28.6 Å². The van der Waals surface area contributed by atoms with Gasteiger partial charge >= 0.3 is 12.1 Å². The van der Waals surface area contributed by atoms with Crippen molar-refractivity contribution in [1.82, 2.24) is 5.06 Å². The van der Waals surface area contributed by atoms with Gasteiger partial charge in [-0.15, -0.1) is 5.06 Å². The Bertz CT molecular complexity index is 1360. The molecule has 7 nitrogen and oxygen atoms in total. The van der Waals surface area contributed by atoms with Crippen LogP contribution in [0.1, 0.15) is 81.9 Å². The predicted octanol–water partition coefficient (Wildman–Crippen LogP) is 7.75. The van der Waals surface area contributed by atoms with E-state index in [4.69, 9.17) is 19.0 Å². The minimum atomic E-state index is -0.701. The summed E-state index contributed by atoms with van der Waals surface area (Å²) in [5, 5.41) is 4.03. The molecule has 2 fully saturated rings. The minimum absolute atomic E-state index is 0.0388. The number of carbonyl (C=O) groups excluding carboxylic acids is 2. The van der Waals surface area contributed by atoms with Crippen LogP contribution in [0, 0.1) is 5.92 Å². The molecule has 3 aromatic carbocycles. The van der Waals surface area contributed by atoms with E-state index in [0.29, 0.717) is 32.7 Å². The summed E-state index contributed by atoms with van der Waals surface area (Å²) in [6.07, 6.45) is 5.96. The molecule has 2 aliphatic rings. The SMILES string of the molecule is CC(C)(C)OC(=O)ON1CCC(c2ccc(CCOC(=O)C3CCCCC3)cc2)C(OCc2ccc3ccccc3c2)C1. The fourth-order valence-electron chi connectivity index (χ4n) is 6.08. The molecule has 1 saturated carbocycles. The molecule has 1 heterocycles. The molecule has 5 rings (SSSR count). The minimum Gasteiger partial charge on any atom is -0.465 e. The first-order valence-electron chi connectivity index (χ1n) is 15.7. The summed E-state index contributed by atoms with van der Waals surface area (Å²) < 4.78 is 17.5. The van der Waals surface area contributed by atoms with E-state index in [9.17, 15) is 9.59 Å². The number of carbonyl (C=O) groups is 2. The molecule has 0 spiro atoms. The Morgan fingerprint density at radius 2 is 1.58 bits per heavy atom. The summed E-state index contributed by atoms with van der Waals surface area (Å²) in [4.78, 5) is 30.4. The zero-order valence-corrected chi connectivity index (χ0v) is 25.8. The first kappa shape index (κ1) is 31.0. The van der Waals surface area contributed by atoms with Gasteiger partial charge in [0.15, 0.2) is 0 Å². The number of hydrogen-bond acceptors (Lipinski definition) is 7. The van der Waals surface area contributed by atoms with Crippen LogP contribution < -0.4 is 0 Å². The smallest absolute Gasteiger partial charge is 0.465 e. The van der Waals surface area contributed by atoms with Gasteiger partial charge in [-0.05, 0) is 73.6 Å². The highest BCUT2D eigenvalue weighted by atomic mass is 16.8. The Hall–Kier alpha value is -3.42. The van der Waals surface area contributed by atoms with Gasteiger partial charge in [0, 0.05) is 18.9 Å². The Kier molecular flexibility index (Phi) is 10.4. The van der Waals surface area contributed by atoms with Gasteiger partial charge in [0.05, 0.1) is 31.8 Å². The largest absolute Gasteiger partial charge is 0.528 e. The van der Waals surface area contributed by atoms with Crippen molar-refractivity contribution in [3.63, 3.8) is 0 Å². The number of rotatable bonds is 9. The van der Waals surface area contributed by atoms with Crippen molar-refractivity contribution in [2.45, 2.75) is 89.9 Å². The van der Waals surface area contributed by atoms with Gasteiger partial charge in [-0.3, -0.25) is 4.79 Å². The highest BCUT2D eigenvalue weighted by Gasteiger charge is 2.34. The van der Waals surface area contributed by atoms with Crippen molar-refractivity contribution in [3.05, 3.63) is 83.4 Å². The maximum absolute atomic E-state index is 12.4. The van der Waals surface area contributed by atoms with Crippen molar-refractivity contribution in [2.75, 3.05) is 19.7 Å². The maximum Gasteiger partial charge on any atom is 0.528 e. The van der Waals surface area contributed by atoms with E-state index < -0.39 is 11.8 Å². The topological polar surface area (TPSA) is 74.3 Å². The number of ether oxygens (including phenoxy) is 3. The third kappa shape index (κ3) is 9.04. The Balaban J connectivity index is 1.21. The van der Waals surface area contributed by atoms with Crippen molar-refractivity contribution in [2.24, 2.45) is 5.92 Å². The standard InChI is InChI=1S/C36H45NO6/c1-36(2,3)42-35(39)43-37-21-19-32(33(24-37)41-25-27-15-16-28-9-7-8-12-31(28)23-27)29-17-13-26(14-18-29)20-22-40-34(38)30-10-5-4-6-11-30/h7-9,12-18,23,30,32-33H,4-6,10-11,19-22,24-25H2,1-3H3. The van der Waals surface area contributed by atoms with Crippen LogP contribution in [0.15, 0.2) is 66.7 Å². The van der Waals surface area contributed by atoms with Gasteiger partial charge in [-0.25, -0.2) is 4.79 Å². The quantitative estimate of drug-likeness (QED) is 0.237. The number of hydroxylamine groups is 2. The molecule has 1 saturated heterocycles. The van der Waals surface area contributed by atoms with E-state index in [0.717, 1.165) is 43.2 Å². The number of fused-ring (bicyclic) bond motifs is 1. The molecule has 1 aliphatic carbocycles. The number of hydrogen-bond donors (Lipinski definition) is 0. The van der Waals surface area contributed by atoms with Crippen LogP contribution in [-0.2, 0) is 36.9 Å². The first-order chi connectivity index (χ1) is 20.7. The molecular weight excluding hydrogens is 542 g/mol. The average Bonchev–Trinajstić information content (AvgIpc) is 3.00. The summed E-state index contributed by atoms with van der Waals surface area (Å²) in [5.74, 6) is 0.174. The Morgan fingerprint density at radius 1 is 0.860 bits per heavy atom. The second kappa shape index (κ2) is 14.4. The molecular formula is C36H45NO6. The molecule has 7 heteroatoms. The lowest BCUT2D eigenvalue weighted by atomic mass is 9.87. The van der Waals surface area contributed by atoms with Crippen LogP contribution in [0.5, 0.6) is 0 Å². The zero-order chi connectivity index (χ0) is 30.2. The molecule has 43 heavy (non-hydrogen) atoms. The van der Waals surface area contributed by atoms with Gasteiger partial charge in [-0.2, -0.15) is 0 Å². The molecule has 2 unspecified atom stereocenters. The highest BCUT2D eigenvalue weighted by molar-refractivity contribution is 5.82. The fraction of sp³-hybridized carbons (Fsp3) is 0.500. The van der Waals surface area contributed by atoms with E-state index in [1.165, 1.54) is 22.8 Å². The fourth-order valence-corrected chi connectivity index (χ4v) is 6.08. The van der Waals surface area contributed by atoms with E-state index in [2.05, 4.69) is 54.6 Å². The average molecular weight is 588 g/mol. The number of nitrogens with zero attached hydrogens (tertiary/aromatic N) is 1. The van der Waals surface area contributed by atoms with Crippen LogP contribution in [0.25, 0.3) is 10.8 Å². The van der Waals surface area contributed by atoms with Crippen molar-refractivity contribution in [3.8, 4) is 0 Å². The molecule has 0 N–H and O–H groups in total. The van der Waals surface area contributed by atoms with E-state index in [-0.39, 0.29) is 23.9 Å². The molecule has 230 valence electrons. The van der Waals surface area contributed by atoms with Crippen molar-refractivity contribution in [1.29, 1.82) is 0 Å². The Morgan fingerprint density at radius 3 is 2.33 bits per heavy atom. The lowest BCUT2D eigenvalue weighted by molar-refractivity contribution is -0.179. The van der Waals surface area contributed by atoms with Gasteiger partial charge in [0.25, 0.3) is 0 Å². The molecule has 0 radical (unpaired) electrons. The first-order valence-corrected chi connectivity index (χ1v) is 15.7.